The first-order valence-electron chi connectivity index (χ1n) is 9.36. The second-order valence-corrected chi connectivity index (χ2v) is 10.9. The zero-order valence-corrected chi connectivity index (χ0v) is 17.5. The summed E-state index contributed by atoms with van der Waals surface area (Å²) in [6.07, 6.45) is 0.962. The second-order valence-electron chi connectivity index (χ2n) is 10.9. The smallest absolute Gasteiger partial charge is 0.110 e. The highest BCUT2D eigenvalue weighted by molar-refractivity contribution is 5.91. The van der Waals surface area contributed by atoms with Crippen LogP contribution in [0.3, 0.4) is 0 Å². The van der Waals surface area contributed by atoms with Crippen LogP contribution in [-0.4, -0.2) is 34.5 Å². The highest BCUT2D eigenvalue weighted by atomic mass is 16.3. The first kappa shape index (κ1) is 19.5. The predicted molar refractivity (Wildman–Crippen MR) is 103 cm³/mol. The largest absolute Gasteiger partial charge is 0.396 e. The summed E-state index contributed by atoms with van der Waals surface area (Å²) in [7, 11) is 0. The van der Waals surface area contributed by atoms with E-state index in [2.05, 4.69) is 74.1 Å². The molecule has 0 spiro atoms. The molecule has 2 atom stereocenters. The van der Waals surface area contributed by atoms with Crippen LogP contribution in [0.1, 0.15) is 75.7 Å². The lowest BCUT2D eigenvalue weighted by Crippen LogP contribution is -2.53. The number of allylic oxidation sites excluding steroid dienone is 1. The summed E-state index contributed by atoms with van der Waals surface area (Å²) < 4.78 is 0. The molecule has 0 aromatic rings. The lowest BCUT2D eigenvalue weighted by atomic mass is 9.62. The van der Waals surface area contributed by atoms with Crippen molar-refractivity contribution in [2.45, 2.75) is 81.2 Å². The van der Waals surface area contributed by atoms with Gasteiger partial charge in [0.05, 0.1) is 5.54 Å². The van der Waals surface area contributed by atoms with Gasteiger partial charge in [0, 0.05) is 30.2 Å². The van der Waals surface area contributed by atoms with Gasteiger partial charge in [-0.15, -0.1) is 0 Å². The van der Waals surface area contributed by atoms with E-state index in [0.717, 1.165) is 13.0 Å². The molecule has 0 radical (unpaired) electrons. The number of fused-ring (bicyclic) bond motifs is 1. The first-order chi connectivity index (χ1) is 10.6. The lowest BCUT2D eigenvalue weighted by Gasteiger charge is -2.52. The van der Waals surface area contributed by atoms with Gasteiger partial charge in [0.1, 0.15) is 5.84 Å². The van der Waals surface area contributed by atoms with Gasteiger partial charge < -0.3 is 10.0 Å². The SMILES string of the molecule is CC(C)(C)C1=NC(C)(C(C)(C)C)C(C(C)(C)C)=C2CC(CO)CN12. The van der Waals surface area contributed by atoms with Crippen LogP contribution >= 0.6 is 0 Å². The van der Waals surface area contributed by atoms with Crippen molar-refractivity contribution in [3.8, 4) is 0 Å². The van der Waals surface area contributed by atoms with Crippen molar-refractivity contribution in [3.63, 3.8) is 0 Å². The Balaban J connectivity index is 2.78. The average molecular weight is 335 g/mol. The quantitative estimate of drug-likeness (QED) is 0.743. The minimum Gasteiger partial charge on any atom is -0.396 e. The Morgan fingerprint density at radius 3 is 1.96 bits per heavy atom. The van der Waals surface area contributed by atoms with E-state index in [1.54, 1.807) is 0 Å². The Morgan fingerprint density at radius 1 is 1.04 bits per heavy atom. The molecule has 0 aromatic heterocycles. The van der Waals surface area contributed by atoms with Gasteiger partial charge >= 0.3 is 0 Å². The maximum Gasteiger partial charge on any atom is 0.110 e. The second kappa shape index (κ2) is 5.59. The zero-order chi connectivity index (χ0) is 18.7. The summed E-state index contributed by atoms with van der Waals surface area (Å²) >= 11 is 0. The Bertz CT molecular complexity index is 566. The predicted octanol–water partition coefficient (Wildman–Crippen LogP) is 4.86. The van der Waals surface area contributed by atoms with Crippen LogP contribution in [0.5, 0.6) is 0 Å². The van der Waals surface area contributed by atoms with Gasteiger partial charge in [-0.3, -0.25) is 4.99 Å². The van der Waals surface area contributed by atoms with Gasteiger partial charge in [0.15, 0.2) is 0 Å². The van der Waals surface area contributed by atoms with Crippen molar-refractivity contribution >= 4 is 5.84 Å². The van der Waals surface area contributed by atoms with E-state index in [1.165, 1.54) is 17.1 Å². The van der Waals surface area contributed by atoms with Gasteiger partial charge in [-0.05, 0) is 29.7 Å². The van der Waals surface area contributed by atoms with Gasteiger partial charge in [0.25, 0.3) is 0 Å². The molecule has 2 aliphatic heterocycles. The molecule has 2 rings (SSSR count). The molecule has 3 nitrogen and oxygen atoms in total. The van der Waals surface area contributed by atoms with Crippen LogP contribution in [0.4, 0.5) is 0 Å². The number of aliphatic imine (C=N–C) groups is 1. The van der Waals surface area contributed by atoms with Gasteiger partial charge in [0.2, 0.25) is 0 Å². The fourth-order valence-corrected chi connectivity index (χ4v) is 4.28. The zero-order valence-electron chi connectivity index (χ0n) is 17.5. The molecule has 0 bridgehead atoms. The molecule has 24 heavy (non-hydrogen) atoms. The summed E-state index contributed by atoms with van der Waals surface area (Å²) in [6.45, 7) is 24.0. The van der Waals surface area contributed by atoms with Crippen LogP contribution < -0.4 is 0 Å². The number of nitrogens with zero attached hydrogens (tertiary/aromatic N) is 2. The Labute approximate surface area is 149 Å². The molecule has 138 valence electrons. The van der Waals surface area contributed by atoms with Gasteiger partial charge in [-0.25, -0.2) is 0 Å². The number of amidine groups is 1. The number of hydrogen-bond donors (Lipinski definition) is 1. The molecule has 2 heterocycles. The standard InChI is InChI=1S/C21H38N2O/c1-18(2,3)16-15-11-14(13-24)12-23(15)17(19(4,5)6)22-21(16,10)20(7,8)9/h14,24H,11-13H2,1-10H3. The Morgan fingerprint density at radius 2 is 1.58 bits per heavy atom. The molecule has 2 aliphatic rings. The van der Waals surface area contributed by atoms with Crippen molar-refractivity contribution in [1.29, 1.82) is 0 Å². The highest BCUT2D eigenvalue weighted by Gasteiger charge is 2.52. The topological polar surface area (TPSA) is 35.8 Å². The van der Waals surface area contributed by atoms with Crippen molar-refractivity contribution in [2.75, 3.05) is 13.2 Å². The van der Waals surface area contributed by atoms with Crippen LogP contribution in [0.2, 0.25) is 0 Å². The van der Waals surface area contributed by atoms with Crippen molar-refractivity contribution in [2.24, 2.45) is 27.2 Å². The van der Waals surface area contributed by atoms with E-state index in [4.69, 9.17) is 4.99 Å². The normalized spacial score (nSPS) is 29.0. The molecule has 1 N–H and O–H groups in total. The van der Waals surface area contributed by atoms with Crippen LogP contribution in [0.15, 0.2) is 16.3 Å². The molecule has 0 amide bonds. The van der Waals surface area contributed by atoms with Gasteiger partial charge in [-0.2, -0.15) is 0 Å². The molecule has 0 aliphatic carbocycles. The van der Waals surface area contributed by atoms with Crippen LogP contribution in [0, 0.1) is 22.2 Å². The lowest BCUT2D eigenvalue weighted by molar-refractivity contribution is 0.197. The average Bonchev–Trinajstić information content (AvgIpc) is 2.76. The fraction of sp³-hybridized carbons (Fsp3) is 0.857. The molecule has 0 saturated carbocycles. The minimum atomic E-state index is -0.232. The van der Waals surface area contributed by atoms with E-state index in [-0.39, 0.29) is 28.4 Å². The highest BCUT2D eigenvalue weighted by Crippen LogP contribution is 2.54. The monoisotopic (exact) mass is 334 g/mol. The molecule has 1 fully saturated rings. The van der Waals surface area contributed by atoms with E-state index in [9.17, 15) is 5.11 Å². The number of rotatable bonds is 1. The van der Waals surface area contributed by atoms with Gasteiger partial charge in [-0.1, -0.05) is 62.3 Å². The number of hydrogen-bond acceptors (Lipinski definition) is 3. The molecular weight excluding hydrogens is 296 g/mol. The van der Waals surface area contributed by atoms with Crippen molar-refractivity contribution in [3.05, 3.63) is 11.3 Å². The van der Waals surface area contributed by atoms with E-state index in [0.29, 0.717) is 5.92 Å². The van der Waals surface area contributed by atoms with Crippen LogP contribution in [0.25, 0.3) is 0 Å². The maximum atomic E-state index is 9.79. The van der Waals surface area contributed by atoms with E-state index < -0.39 is 0 Å². The minimum absolute atomic E-state index is 0.00841. The molecule has 3 heteroatoms. The molecule has 1 saturated heterocycles. The summed E-state index contributed by atoms with van der Waals surface area (Å²) in [4.78, 5) is 7.84. The molecule has 0 aromatic carbocycles. The van der Waals surface area contributed by atoms with Crippen molar-refractivity contribution in [1.82, 2.24) is 4.90 Å². The third-order valence-electron chi connectivity index (χ3n) is 5.75. The third-order valence-corrected chi connectivity index (χ3v) is 5.75. The Hall–Kier alpha value is -0.830. The van der Waals surface area contributed by atoms with Crippen molar-refractivity contribution < 1.29 is 5.11 Å². The van der Waals surface area contributed by atoms with E-state index >= 15 is 0 Å². The Kier molecular flexibility index (Phi) is 4.54. The molecule has 2 unspecified atom stereocenters. The summed E-state index contributed by atoms with van der Waals surface area (Å²) in [5, 5.41) is 9.79. The third kappa shape index (κ3) is 3.05. The summed E-state index contributed by atoms with van der Waals surface area (Å²) in [6, 6.07) is 0. The summed E-state index contributed by atoms with van der Waals surface area (Å²) in [5.41, 5.74) is 2.70. The van der Waals surface area contributed by atoms with E-state index in [1.807, 2.05) is 0 Å². The maximum absolute atomic E-state index is 9.79. The first-order valence-corrected chi connectivity index (χ1v) is 9.36. The summed E-state index contributed by atoms with van der Waals surface area (Å²) in [5.74, 6) is 1.49. The number of aliphatic hydroxyl groups excluding tert-OH is 1. The van der Waals surface area contributed by atoms with Crippen LogP contribution in [-0.2, 0) is 0 Å². The number of aliphatic hydroxyl groups is 1. The fourth-order valence-electron chi connectivity index (χ4n) is 4.28. The molecular formula is C21H38N2O.